The first-order valence-corrected chi connectivity index (χ1v) is 6.42. The van der Waals surface area contributed by atoms with Crippen LogP contribution in [0.1, 0.15) is 19.8 Å². The summed E-state index contributed by atoms with van der Waals surface area (Å²) >= 11 is 0. The molecule has 11 heteroatoms. The molecule has 0 aromatic rings. The number of halogens is 6. The first-order chi connectivity index (χ1) is 8.18. The minimum absolute atomic E-state index is 0.451. The molecule has 0 unspecified atom stereocenters. The minimum atomic E-state index is -5.29. The highest BCUT2D eigenvalue weighted by Gasteiger charge is 2.49. The minimum Gasteiger partial charge on any atom is -0.313 e. The van der Waals surface area contributed by atoms with E-state index in [-0.39, 0.29) is 0 Å². The Morgan fingerprint density at radius 2 is 1.42 bits per heavy atom. The van der Waals surface area contributed by atoms with Crippen molar-refractivity contribution in [3.05, 3.63) is 12.2 Å². The molecular formula is C8H12F6NO3P. The Morgan fingerprint density at radius 3 is 1.63 bits per heavy atom. The molecule has 0 radical (unpaired) electrons. The van der Waals surface area contributed by atoms with Crippen LogP contribution >= 0.6 is 7.75 Å². The normalized spacial score (nSPS) is 15.2. The van der Waals surface area contributed by atoms with Gasteiger partial charge in [-0.3, -0.25) is 0 Å². The second-order valence-electron chi connectivity index (χ2n) is 3.90. The lowest BCUT2D eigenvalue weighted by molar-refractivity contribution is -0.173. The summed E-state index contributed by atoms with van der Waals surface area (Å²) in [5.74, 6) is 0. The molecule has 0 spiro atoms. The second kappa shape index (κ2) is 5.82. The van der Waals surface area contributed by atoms with Gasteiger partial charge in [0.25, 0.3) is 0 Å². The molecule has 4 nitrogen and oxygen atoms in total. The smallest absolute Gasteiger partial charge is 0.313 e. The molecule has 0 saturated carbocycles. The molecule has 0 heterocycles. The first kappa shape index (κ1) is 18.4. The summed E-state index contributed by atoms with van der Waals surface area (Å²) in [6, 6.07) is 0. The highest BCUT2D eigenvalue weighted by Crippen LogP contribution is 2.43. The van der Waals surface area contributed by atoms with Gasteiger partial charge in [0.2, 0.25) is 0 Å². The van der Waals surface area contributed by atoms with E-state index in [0.29, 0.717) is 6.08 Å². The zero-order valence-electron chi connectivity index (χ0n) is 9.59. The van der Waals surface area contributed by atoms with Gasteiger partial charge in [-0.25, -0.2) is 9.65 Å². The van der Waals surface area contributed by atoms with E-state index in [9.17, 15) is 30.9 Å². The Hall–Kier alpha value is -0.570. The van der Waals surface area contributed by atoms with Gasteiger partial charge in [-0.05, 0) is 6.92 Å². The number of alkyl halides is 6. The number of rotatable bonds is 5. The molecule has 19 heavy (non-hydrogen) atoms. The van der Waals surface area contributed by atoms with Crippen LogP contribution in [-0.2, 0) is 4.57 Å². The van der Waals surface area contributed by atoms with Gasteiger partial charge in [0, 0.05) is 0 Å². The monoisotopic (exact) mass is 315 g/mol. The van der Waals surface area contributed by atoms with Crippen molar-refractivity contribution >= 4 is 7.75 Å². The Labute approximate surface area is 104 Å². The van der Waals surface area contributed by atoms with Crippen molar-refractivity contribution in [1.82, 2.24) is 5.09 Å². The van der Waals surface area contributed by atoms with Crippen LogP contribution in [0.2, 0.25) is 0 Å². The Kier molecular flexibility index (Phi) is 5.65. The van der Waals surface area contributed by atoms with Crippen LogP contribution in [0.5, 0.6) is 0 Å². The number of hydrogen-bond donors (Lipinski definition) is 3. The highest BCUT2D eigenvalue weighted by molar-refractivity contribution is 7.49. The number of allylic oxidation sites excluding steroid dienone is 1. The van der Waals surface area contributed by atoms with Crippen molar-refractivity contribution in [3.63, 3.8) is 0 Å². The van der Waals surface area contributed by atoms with Gasteiger partial charge in [-0.1, -0.05) is 12.2 Å². The predicted octanol–water partition coefficient (Wildman–Crippen LogP) is 2.89. The molecule has 0 amide bonds. The third kappa shape index (κ3) is 9.04. The van der Waals surface area contributed by atoms with E-state index in [1.54, 1.807) is 0 Å². The van der Waals surface area contributed by atoms with Crippen molar-refractivity contribution in [1.29, 1.82) is 0 Å². The SMILES string of the molecule is CC=CC(CC(F)(F)F)(CC(F)(F)F)NP(=O)(O)O. The van der Waals surface area contributed by atoms with E-state index >= 15 is 0 Å². The molecule has 0 aliphatic heterocycles. The van der Waals surface area contributed by atoms with E-state index < -0.39 is 38.5 Å². The Morgan fingerprint density at radius 1 is 1.05 bits per heavy atom. The van der Waals surface area contributed by atoms with E-state index in [0.717, 1.165) is 18.1 Å². The standard InChI is InChI=1S/C8H12F6NO3P/c1-2-3-6(4-7(9,10)11,5-8(12,13)14)15-19(16,17)18/h2-3H,4-5H2,1H3,(H3,15,16,17,18). The summed E-state index contributed by atoms with van der Waals surface area (Å²) in [5.41, 5.74) is -2.94. The van der Waals surface area contributed by atoms with Crippen molar-refractivity contribution in [2.24, 2.45) is 0 Å². The van der Waals surface area contributed by atoms with Gasteiger partial charge in [0.1, 0.15) is 0 Å². The summed E-state index contributed by atoms with van der Waals surface area (Å²) < 4.78 is 84.7. The zero-order chi connectivity index (χ0) is 15.5. The summed E-state index contributed by atoms with van der Waals surface area (Å²) in [7, 11) is -5.29. The fourth-order valence-corrected chi connectivity index (χ4v) is 2.43. The van der Waals surface area contributed by atoms with Crippen LogP contribution < -0.4 is 5.09 Å². The maximum Gasteiger partial charge on any atom is 0.401 e. The van der Waals surface area contributed by atoms with Crippen LogP contribution in [0.25, 0.3) is 0 Å². The molecule has 0 fully saturated rings. The van der Waals surface area contributed by atoms with E-state index in [2.05, 4.69) is 0 Å². The number of hydrogen-bond acceptors (Lipinski definition) is 1. The molecule has 0 atom stereocenters. The lowest BCUT2D eigenvalue weighted by Gasteiger charge is -2.33. The lowest BCUT2D eigenvalue weighted by atomic mass is 9.91. The van der Waals surface area contributed by atoms with Crippen molar-refractivity contribution in [2.45, 2.75) is 37.7 Å². The van der Waals surface area contributed by atoms with E-state index in [1.807, 2.05) is 0 Å². The van der Waals surface area contributed by atoms with Crippen LogP contribution in [0.3, 0.4) is 0 Å². The molecule has 0 aliphatic rings. The largest absolute Gasteiger partial charge is 0.401 e. The molecule has 0 aromatic heterocycles. The molecule has 0 saturated heterocycles. The Bertz CT molecular complexity index is 356. The van der Waals surface area contributed by atoms with Crippen LogP contribution in [-0.4, -0.2) is 27.7 Å². The van der Waals surface area contributed by atoms with Gasteiger partial charge in [-0.2, -0.15) is 26.3 Å². The van der Waals surface area contributed by atoms with E-state index in [4.69, 9.17) is 9.79 Å². The van der Waals surface area contributed by atoms with Crippen LogP contribution in [0.15, 0.2) is 12.2 Å². The molecule has 3 N–H and O–H groups in total. The second-order valence-corrected chi connectivity index (χ2v) is 5.21. The average molecular weight is 315 g/mol. The summed E-state index contributed by atoms with van der Waals surface area (Å²) in [4.78, 5) is 17.2. The van der Waals surface area contributed by atoms with Crippen molar-refractivity contribution in [3.8, 4) is 0 Å². The molecule has 0 rings (SSSR count). The van der Waals surface area contributed by atoms with Gasteiger partial charge in [0.05, 0.1) is 18.4 Å². The summed E-state index contributed by atoms with van der Waals surface area (Å²) in [6.45, 7) is 1.14. The first-order valence-electron chi connectivity index (χ1n) is 4.80. The molecule has 0 aliphatic carbocycles. The van der Waals surface area contributed by atoms with E-state index in [1.165, 1.54) is 0 Å². The van der Waals surface area contributed by atoms with Crippen molar-refractivity contribution in [2.75, 3.05) is 0 Å². The van der Waals surface area contributed by atoms with Crippen molar-refractivity contribution < 1.29 is 40.7 Å². The molecule has 114 valence electrons. The van der Waals surface area contributed by atoms with Crippen LogP contribution in [0.4, 0.5) is 26.3 Å². The maximum atomic E-state index is 12.3. The Balaban J connectivity index is 5.54. The number of nitrogens with one attached hydrogen (secondary N) is 1. The predicted molar refractivity (Wildman–Crippen MR) is 54.1 cm³/mol. The molecule has 0 bridgehead atoms. The highest BCUT2D eigenvalue weighted by atomic mass is 31.2. The fraction of sp³-hybridized carbons (Fsp3) is 0.750. The van der Waals surface area contributed by atoms with Crippen LogP contribution in [0, 0.1) is 0 Å². The average Bonchev–Trinajstić information content (AvgIpc) is 1.90. The quantitative estimate of drug-likeness (QED) is 0.414. The maximum absolute atomic E-state index is 12.3. The third-order valence-electron chi connectivity index (χ3n) is 1.89. The molecular weight excluding hydrogens is 303 g/mol. The third-order valence-corrected chi connectivity index (χ3v) is 2.62. The zero-order valence-corrected chi connectivity index (χ0v) is 10.5. The van der Waals surface area contributed by atoms with Gasteiger partial charge in [-0.15, -0.1) is 0 Å². The molecule has 0 aromatic carbocycles. The van der Waals surface area contributed by atoms with Gasteiger partial charge < -0.3 is 9.79 Å². The summed E-state index contributed by atoms with van der Waals surface area (Å²) in [5, 5.41) is 1.12. The fourth-order valence-electron chi connectivity index (χ4n) is 1.62. The topological polar surface area (TPSA) is 69.6 Å². The summed E-state index contributed by atoms with van der Waals surface area (Å²) in [6.07, 6.45) is -12.9. The lowest BCUT2D eigenvalue weighted by Crippen LogP contribution is -2.48. The van der Waals surface area contributed by atoms with Gasteiger partial charge in [0.15, 0.2) is 0 Å². The van der Waals surface area contributed by atoms with Gasteiger partial charge >= 0.3 is 20.1 Å².